The van der Waals surface area contributed by atoms with Gasteiger partial charge in [0.2, 0.25) is 0 Å². The van der Waals surface area contributed by atoms with Gasteiger partial charge in [0.15, 0.2) is 0 Å². The zero-order chi connectivity index (χ0) is 11.3. The fourth-order valence-electron chi connectivity index (χ4n) is 2.08. The largest absolute Gasteiger partial charge is 0.462 e. The number of hydrogen-bond acceptors (Lipinski definition) is 1. The van der Waals surface area contributed by atoms with Crippen LogP contribution in [0.2, 0.25) is 0 Å². The average Bonchev–Trinajstić information content (AvgIpc) is 2.38. The van der Waals surface area contributed by atoms with Crippen LogP contribution in [-0.2, 0) is 5.41 Å². The van der Waals surface area contributed by atoms with Crippen molar-refractivity contribution in [1.82, 2.24) is 0 Å². The Balaban J connectivity index is 2.37. The maximum atomic E-state index is 8.66. The van der Waals surface area contributed by atoms with Gasteiger partial charge in [-0.2, -0.15) is 0 Å². The van der Waals surface area contributed by atoms with Gasteiger partial charge in [0, 0.05) is 11.8 Å². The molecule has 0 amide bonds. The van der Waals surface area contributed by atoms with Gasteiger partial charge in [-0.05, 0) is 12.0 Å². The van der Waals surface area contributed by atoms with Crippen LogP contribution < -0.4 is 0 Å². The van der Waals surface area contributed by atoms with Crippen molar-refractivity contribution in [3.63, 3.8) is 0 Å². The molecule has 0 aromatic heterocycles. The summed E-state index contributed by atoms with van der Waals surface area (Å²) >= 11 is 0. The van der Waals surface area contributed by atoms with E-state index in [4.69, 9.17) is 5.11 Å². The van der Waals surface area contributed by atoms with Gasteiger partial charge in [0.1, 0.15) is 6.11 Å². The van der Waals surface area contributed by atoms with Gasteiger partial charge in [-0.1, -0.05) is 60.6 Å². The first-order valence-corrected chi connectivity index (χ1v) is 5.39. The van der Waals surface area contributed by atoms with E-state index in [0.717, 1.165) is 6.42 Å². The summed E-state index contributed by atoms with van der Waals surface area (Å²) in [4.78, 5) is 0. The standard InChI is InChI=1S/C15H14O/c16-13-7-12-15(10-5-2-6-11-15)14-8-3-1-4-9-14/h1-6,8-10,16H,11-12H2. The van der Waals surface area contributed by atoms with Crippen LogP contribution >= 0.6 is 0 Å². The second kappa shape index (κ2) is 4.72. The lowest BCUT2D eigenvalue weighted by molar-refractivity contribution is 0.508. The van der Waals surface area contributed by atoms with E-state index < -0.39 is 0 Å². The van der Waals surface area contributed by atoms with Gasteiger partial charge in [-0.25, -0.2) is 0 Å². The van der Waals surface area contributed by atoms with Crippen molar-refractivity contribution in [3.05, 3.63) is 60.2 Å². The molecule has 1 heteroatoms. The Morgan fingerprint density at radius 3 is 2.62 bits per heavy atom. The number of benzene rings is 1. The summed E-state index contributed by atoms with van der Waals surface area (Å²) < 4.78 is 0. The molecule has 0 bridgehead atoms. The highest BCUT2D eigenvalue weighted by atomic mass is 16.2. The van der Waals surface area contributed by atoms with E-state index in [1.165, 1.54) is 5.56 Å². The van der Waals surface area contributed by atoms with Crippen molar-refractivity contribution in [3.8, 4) is 12.0 Å². The summed E-state index contributed by atoms with van der Waals surface area (Å²) in [5.74, 6) is 2.78. The van der Waals surface area contributed by atoms with Crippen molar-refractivity contribution in [1.29, 1.82) is 0 Å². The van der Waals surface area contributed by atoms with Crippen molar-refractivity contribution in [2.75, 3.05) is 0 Å². The lowest BCUT2D eigenvalue weighted by Crippen LogP contribution is -2.23. The molecule has 0 heterocycles. The number of rotatable bonds is 2. The molecule has 2 rings (SSSR count). The molecule has 1 atom stereocenters. The van der Waals surface area contributed by atoms with Crippen LogP contribution in [0.4, 0.5) is 0 Å². The highest BCUT2D eigenvalue weighted by Gasteiger charge is 2.28. The minimum Gasteiger partial charge on any atom is -0.462 e. The number of aliphatic hydroxyl groups is 1. The summed E-state index contributed by atoms with van der Waals surface area (Å²) in [7, 11) is 0. The molecule has 0 fully saturated rings. The maximum Gasteiger partial charge on any atom is 0.107 e. The first-order chi connectivity index (χ1) is 7.87. The lowest BCUT2D eigenvalue weighted by Gasteiger charge is -2.29. The molecule has 1 nitrogen and oxygen atoms in total. The van der Waals surface area contributed by atoms with E-state index in [-0.39, 0.29) is 5.41 Å². The van der Waals surface area contributed by atoms with E-state index >= 15 is 0 Å². The molecule has 1 aliphatic rings. The second-order valence-corrected chi connectivity index (χ2v) is 3.98. The second-order valence-electron chi connectivity index (χ2n) is 3.98. The number of allylic oxidation sites excluding steroid dienone is 4. The Hall–Kier alpha value is -1.94. The van der Waals surface area contributed by atoms with Gasteiger partial charge in [0.05, 0.1) is 0 Å². The van der Waals surface area contributed by atoms with Gasteiger partial charge in [-0.3, -0.25) is 0 Å². The third kappa shape index (κ3) is 2.01. The lowest BCUT2D eigenvalue weighted by atomic mass is 9.73. The Kier molecular flexibility index (Phi) is 3.12. The zero-order valence-electron chi connectivity index (χ0n) is 9.06. The van der Waals surface area contributed by atoms with Crippen LogP contribution in [0.25, 0.3) is 0 Å². The molecular weight excluding hydrogens is 196 g/mol. The maximum absolute atomic E-state index is 8.66. The van der Waals surface area contributed by atoms with Gasteiger partial charge in [-0.15, -0.1) is 0 Å². The molecule has 0 radical (unpaired) electrons. The SMILES string of the molecule is OC#CCC1(c2ccccc2)C=CC=CC1. The van der Waals surface area contributed by atoms with E-state index in [1.54, 1.807) is 0 Å². The van der Waals surface area contributed by atoms with Crippen LogP contribution in [0.3, 0.4) is 0 Å². The minimum atomic E-state index is -0.0776. The van der Waals surface area contributed by atoms with Crippen LogP contribution in [-0.4, -0.2) is 5.11 Å². The number of aliphatic hydroxyl groups excluding tert-OH is 1. The summed E-state index contributed by atoms with van der Waals surface area (Å²) in [5.41, 5.74) is 1.17. The molecule has 0 saturated carbocycles. The van der Waals surface area contributed by atoms with Crippen molar-refractivity contribution < 1.29 is 5.11 Å². The van der Waals surface area contributed by atoms with E-state index in [0.29, 0.717) is 6.42 Å². The topological polar surface area (TPSA) is 20.2 Å². The van der Waals surface area contributed by atoms with E-state index in [1.807, 2.05) is 30.4 Å². The minimum absolute atomic E-state index is 0.0776. The zero-order valence-corrected chi connectivity index (χ0v) is 9.06. The third-order valence-electron chi connectivity index (χ3n) is 2.98. The van der Waals surface area contributed by atoms with Gasteiger partial charge >= 0.3 is 0 Å². The third-order valence-corrected chi connectivity index (χ3v) is 2.98. The summed E-state index contributed by atoms with van der Waals surface area (Å²) in [5, 5.41) is 8.66. The van der Waals surface area contributed by atoms with E-state index in [2.05, 4.69) is 36.3 Å². The Labute approximate surface area is 96.1 Å². The quantitative estimate of drug-likeness (QED) is 0.743. The van der Waals surface area contributed by atoms with Crippen molar-refractivity contribution in [2.24, 2.45) is 0 Å². The van der Waals surface area contributed by atoms with Gasteiger partial charge < -0.3 is 5.11 Å². The Morgan fingerprint density at radius 1 is 1.19 bits per heavy atom. The molecule has 0 aliphatic heterocycles. The van der Waals surface area contributed by atoms with Crippen molar-refractivity contribution in [2.45, 2.75) is 18.3 Å². The fraction of sp³-hybridized carbons (Fsp3) is 0.200. The molecule has 0 spiro atoms. The molecule has 1 N–H and O–H groups in total. The van der Waals surface area contributed by atoms with Crippen LogP contribution in [0.15, 0.2) is 54.6 Å². The molecule has 1 aliphatic carbocycles. The van der Waals surface area contributed by atoms with E-state index in [9.17, 15) is 0 Å². The van der Waals surface area contributed by atoms with Crippen LogP contribution in [0, 0.1) is 12.0 Å². The van der Waals surface area contributed by atoms with Crippen LogP contribution in [0.5, 0.6) is 0 Å². The predicted octanol–water partition coefficient (Wildman–Crippen LogP) is 3.16. The highest BCUT2D eigenvalue weighted by Crippen LogP contribution is 2.35. The van der Waals surface area contributed by atoms with Gasteiger partial charge in [0.25, 0.3) is 0 Å². The van der Waals surface area contributed by atoms with Crippen molar-refractivity contribution >= 4 is 0 Å². The number of hydrogen-bond donors (Lipinski definition) is 1. The molecule has 1 aromatic rings. The molecule has 16 heavy (non-hydrogen) atoms. The first-order valence-electron chi connectivity index (χ1n) is 5.39. The molecule has 80 valence electrons. The smallest absolute Gasteiger partial charge is 0.107 e. The first kappa shape index (κ1) is 10.6. The summed E-state index contributed by atoms with van der Waals surface area (Å²) in [6.45, 7) is 0. The molecule has 0 saturated heterocycles. The fourth-order valence-corrected chi connectivity index (χ4v) is 2.08. The Morgan fingerprint density at radius 2 is 2.00 bits per heavy atom. The highest BCUT2D eigenvalue weighted by molar-refractivity contribution is 5.37. The summed E-state index contributed by atoms with van der Waals surface area (Å²) in [6, 6.07) is 10.3. The Bertz CT molecular complexity index is 459. The average molecular weight is 210 g/mol. The molecule has 1 unspecified atom stereocenters. The molecule has 1 aromatic carbocycles. The predicted molar refractivity (Wildman–Crippen MR) is 65.3 cm³/mol. The normalized spacial score (nSPS) is 22.5. The summed E-state index contributed by atoms with van der Waals surface area (Å²) in [6.07, 6.45) is 12.0. The van der Waals surface area contributed by atoms with Crippen LogP contribution in [0.1, 0.15) is 18.4 Å². The molecular formula is C15H14O. The monoisotopic (exact) mass is 210 g/mol.